The SMILES string of the molecule is NC1CNCCC1O. The lowest BCUT2D eigenvalue weighted by molar-refractivity contribution is 0.116. The first-order valence-corrected chi connectivity index (χ1v) is 2.95. The van der Waals surface area contributed by atoms with Crippen LogP contribution < -0.4 is 11.1 Å². The second-order valence-electron chi connectivity index (χ2n) is 2.22. The van der Waals surface area contributed by atoms with E-state index in [9.17, 15) is 0 Å². The zero-order valence-electron chi connectivity index (χ0n) is 4.80. The molecule has 0 aromatic heterocycles. The van der Waals surface area contributed by atoms with E-state index in [1.807, 2.05) is 0 Å². The molecule has 8 heavy (non-hydrogen) atoms. The number of aliphatic hydroxyl groups is 1. The van der Waals surface area contributed by atoms with Crippen LogP contribution in [0.5, 0.6) is 0 Å². The molecule has 2 unspecified atom stereocenters. The maximum absolute atomic E-state index is 9.01. The molecular formula is C5H12N2O. The third-order valence-corrected chi connectivity index (χ3v) is 1.49. The number of hydrogen-bond donors (Lipinski definition) is 3. The Bertz CT molecular complexity index is 66.8. The third kappa shape index (κ3) is 1.18. The highest BCUT2D eigenvalue weighted by Gasteiger charge is 2.17. The molecule has 3 nitrogen and oxygen atoms in total. The van der Waals surface area contributed by atoms with Crippen LogP contribution in [0.2, 0.25) is 0 Å². The number of hydrogen-bond acceptors (Lipinski definition) is 3. The van der Waals surface area contributed by atoms with Gasteiger partial charge in [-0.3, -0.25) is 0 Å². The highest BCUT2D eigenvalue weighted by molar-refractivity contribution is 4.79. The smallest absolute Gasteiger partial charge is 0.0715 e. The van der Waals surface area contributed by atoms with Gasteiger partial charge >= 0.3 is 0 Å². The van der Waals surface area contributed by atoms with Gasteiger partial charge in [-0.25, -0.2) is 0 Å². The molecule has 0 aromatic rings. The molecule has 0 bridgehead atoms. The minimum absolute atomic E-state index is 0.0521. The molecule has 0 aromatic carbocycles. The van der Waals surface area contributed by atoms with E-state index in [0.717, 1.165) is 19.5 Å². The van der Waals surface area contributed by atoms with Crippen molar-refractivity contribution in [1.29, 1.82) is 0 Å². The molecule has 0 amide bonds. The molecule has 1 saturated heterocycles. The number of piperidine rings is 1. The topological polar surface area (TPSA) is 58.3 Å². The molecule has 0 saturated carbocycles. The van der Waals surface area contributed by atoms with Gasteiger partial charge in [-0.1, -0.05) is 0 Å². The molecule has 1 aliphatic rings. The Morgan fingerprint density at radius 1 is 1.62 bits per heavy atom. The van der Waals surface area contributed by atoms with E-state index in [0.29, 0.717) is 0 Å². The number of nitrogens with one attached hydrogen (secondary N) is 1. The molecule has 2 atom stereocenters. The quantitative estimate of drug-likeness (QED) is 0.367. The Kier molecular flexibility index (Phi) is 1.83. The minimum atomic E-state index is -0.281. The lowest BCUT2D eigenvalue weighted by Crippen LogP contribution is -2.49. The summed E-state index contributed by atoms with van der Waals surface area (Å²) in [5.41, 5.74) is 5.47. The summed E-state index contributed by atoms with van der Waals surface area (Å²) >= 11 is 0. The van der Waals surface area contributed by atoms with Crippen LogP contribution in [-0.4, -0.2) is 30.3 Å². The van der Waals surface area contributed by atoms with Crippen molar-refractivity contribution in [3.05, 3.63) is 0 Å². The van der Waals surface area contributed by atoms with Crippen molar-refractivity contribution in [2.24, 2.45) is 5.73 Å². The minimum Gasteiger partial charge on any atom is -0.391 e. The fourth-order valence-corrected chi connectivity index (χ4v) is 0.869. The Balaban J connectivity index is 2.28. The number of nitrogens with two attached hydrogens (primary N) is 1. The Labute approximate surface area is 48.9 Å². The standard InChI is InChI=1S/C5H12N2O/c6-4-3-7-2-1-5(4)8/h4-5,7-8H,1-3,6H2. The molecule has 0 aliphatic carbocycles. The number of rotatable bonds is 0. The van der Waals surface area contributed by atoms with Gasteiger partial charge in [0.2, 0.25) is 0 Å². The van der Waals surface area contributed by atoms with E-state index in [2.05, 4.69) is 5.32 Å². The molecule has 1 heterocycles. The molecule has 0 radical (unpaired) electrons. The van der Waals surface area contributed by atoms with Gasteiger partial charge in [-0.2, -0.15) is 0 Å². The molecule has 4 N–H and O–H groups in total. The second kappa shape index (κ2) is 2.44. The van der Waals surface area contributed by atoms with E-state index in [4.69, 9.17) is 10.8 Å². The van der Waals surface area contributed by atoms with Gasteiger partial charge in [0, 0.05) is 12.6 Å². The molecule has 1 fully saturated rings. The summed E-state index contributed by atoms with van der Waals surface area (Å²) < 4.78 is 0. The second-order valence-corrected chi connectivity index (χ2v) is 2.22. The zero-order valence-corrected chi connectivity index (χ0v) is 4.80. The molecular weight excluding hydrogens is 104 g/mol. The predicted molar refractivity (Wildman–Crippen MR) is 31.5 cm³/mol. The monoisotopic (exact) mass is 116 g/mol. The van der Waals surface area contributed by atoms with Gasteiger partial charge < -0.3 is 16.2 Å². The van der Waals surface area contributed by atoms with Crippen LogP contribution in [0.1, 0.15) is 6.42 Å². The maximum Gasteiger partial charge on any atom is 0.0715 e. The van der Waals surface area contributed by atoms with E-state index in [-0.39, 0.29) is 12.1 Å². The first kappa shape index (κ1) is 6.01. The van der Waals surface area contributed by atoms with Crippen LogP contribution in [0.25, 0.3) is 0 Å². The average Bonchev–Trinajstić information content (AvgIpc) is 1.77. The van der Waals surface area contributed by atoms with E-state index >= 15 is 0 Å². The van der Waals surface area contributed by atoms with Crippen LogP contribution >= 0.6 is 0 Å². The van der Waals surface area contributed by atoms with Gasteiger partial charge in [0.15, 0.2) is 0 Å². The van der Waals surface area contributed by atoms with Crippen molar-refractivity contribution in [2.45, 2.75) is 18.6 Å². The highest BCUT2D eigenvalue weighted by Crippen LogP contribution is 1.98. The summed E-state index contributed by atoms with van der Waals surface area (Å²) in [6, 6.07) is -0.0521. The van der Waals surface area contributed by atoms with Crippen molar-refractivity contribution in [1.82, 2.24) is 5.32 Å². The van der Waals surface area contributed by atoms with Crippen molar-refractivity contribution < 1.29 is 5.11 Å². The van der Waals surface area contributed by atoms with Gasteiger partial charge in [0.1, 0.15) is 0 Å². The van der Waals surface area contributed by atoms with Gasteiger partial charge in [-0.15, -0.1) is 0 Å². The first-order chi connectivity index (χ1) is 3.80. The van der Waals surface area contributed by atoms with Crippen molar-refractivity contribution in [3.63, 3.8) is 0 Å². The maximum atomic E-state index is 9.01. The Morgan fingerprint density at radius 3 is 2.75 bits per heavy atom. The van der Waals surface area contributed by atoms with Crippen LogP contribution in [0.3, 0.4) is 0 Å². The third-order valence-electron chi connectivity index (χ3n) is 1.49. The Hall–Kier alpha value is -0.120. The van der Waals surface area contributed by atoms with Gasteiger partial charge in [-0.05, 0) is 13.0 Å². The molecule has 0 spiro atoms. The normalized spacial score (nSPS) is 39.8. The zero-order chi connectivity index (χ0) is 5.98. The summed E-state index contributed by atoms with van der Waals surface area (Å²) in [5, 5.41) is 12.1. The van der Waals surface area contributed by atoms with Crippen LogP contribution in [-0.2, 0) is 0 Å². The van der Waals surface area contributed by atoms with Crippen molar-refractivity contribution in [3.8, 4) is 0 Å². The first-order valence-electron chi connectivity index (χ1n) is 2.95. The summed E-state index contributed by atoms with van der Waals surface area (Å²) in [5.74, 6) is 0. The van der Waals surface area contributed by atoms with Crippen LogP contribution in [0, 0.1) is 0 Å². The fourth-order valence-electron chi connectivity index (χ4n) is 0.869. The summed E-state index contributed by atoms with van der Waals surface area (Å²) in [6.07, 6.45) is 0.512. The Morgan fingerprint density at radius 2 is 2.38 bits per heavy atom. The largest absolute Gasteiger partial charge is 0.391 e. The molecule has 1 rings (SSSR count). The van der Waals surface area contributed by atoms with Gasteiger partial charge in [0.25, 0.3) is 0 Å². The molecule has 3 heteroatoms. The highest BCUT2D eigenvalue weighted by atomic mass is 16.3. The van der Waals surface area contributed by atoms with Crippen molar-refractivity contribution >= 4 is 0 Å². The summed E-state index contributed by atoms with van der Waals surface area (Å²) in [4.78, 5) is 0. The van der Waals surface area contributed by atoms with E-state index < -0.39 is 0 Å². The van der Waals surface area contributed by atoms with Crippen LogP contribution in [0.15, 0.2) is 0 Å². The van der Waals surface area contributed by atoms with Crippen LogP contribution in [0.4, 0.5) is 0 Å². The summed E-state index contributed by atoms with van der Waals surface area (Å²) in [7, 11) is 0. The molecule has 48 valence electrons. The average molecular weight is 116 g/mol. The lowest BCUT2D eigenvalue weighted by Gasteiger charge is -2.24. The van der Waals surface area contributed by atoms with E-state index in [1.54, 1.807) is 0 Å². The van der Waals surface area contributed by atoms with E-state index in [1.165, 1.54) is 0 Å². The predicted octanol–water partition coefficient (Wildman–Crippen LogP) is -1.33. The van der Waals surface area contributed by atoms with Crippen molar-refractivity contribution in [2.75, 3.05) is 13.1 Å². The lowest BCUT2D eigenvalue weighted by atomic mass is 10.1. The number of aliphatic hydroxyl groups excluding tert-OH is 1. The fraction of sp³-hybridized carbons (Fsp3) is 1.00. The molecule has 1 aliphatic heterocycles. The van der Waals surface area contributed by atoms with Gasteiger partial charge in [0.05, 0.1) is 6.10 Å². The summed E-state index contributed by atoms with van der Waals surface area (Å²) in [6.45, 7) is 1.65.